The number of carboxylic acid groups (broad SMARTS) is 1. The second-order valence-corrected chi connectivity index (χ2v) is 5.03. The van der Waals surface area contributed by atoms with E-state index in [2.05, 4.69) is 0 Å². The Morgan fingerprint density at radius 1 is 0.826 bits per heavy atom. The lowest BCUT2D eigenvalue weighted by atomic mass is 10.0. The average molecular weight is 316 g/mol. The summed E-state index contributed by atoms with van der Waals surface area (Å²) in [5.74, 6) is 0.781. The number of carbonyl (C=O) groups is 1. The third-order valence-electron chi connectivity index (χ3n) is 3.65. The van der Waals surface area contributed by atoms with Crippen molar-refractivity contribution in [2.24, 2.45) is 0 Å². The van der Waals surface area contributed by atoms with Crippen LogP contribution in [0.25, 0.3) is 0 Å². The molecule has 1 N–H and O–H groups in total. The number of carboxylic acids is 1. The summed E-state index contributed by atoms with van der Waals surface area (Å²) in [4.78, 5) is 11.1. The van der Waals surface area contributed by atoms with Crippen LogP contribution < -0.4 is 14.2 Å². The van der Waals surface area contributed by atoms with E-state index >= 15 is 0 Å². The second kappa shape index (κ2) is 7.54. The summed E-state index contributed by atoms with van der Waals surface area (Å²) in [6.07, 6.45) is 1.57. The Bertz CT molecular complexity index is 694. The van der Waals surface area contributed by atoms with Gasteiger partial charge in [0.2, 0.25) is 0 Å². The maximum Gasteiger partial charge on any atom is 0.339 e. The first-order valence-corrected chi connectivity index (χ1v) is 7.20. The molecule has 23 heavy (non-hydrogen) atoms. The van der Waals surface area contributed by atoms with E-state index in [-0.39, 0.29) is 5.56 Å². The molecule has 122 valence electrons. The number of aromatic carboxylic acids is 1. The number of hydrogen-bond acceptors (Lipinski definition) is 4. The third kappa shape index (κ3) is 3.94. The molecule has 5 nitrogen and oxygen atoms in total. The molecule has 0 radical (unpaired) electrons. The maximum atomic E-state index is 11.1. The van der Waals surface area contributed by atoms with Crippen molar-refractivity contribution in [2.45, 2.75) is 12.8 Å². The second-order valence-electron chi connectivity index (χ2n) is 5.03. The fraction of sp³-hybridized carbons (Fsp3) is 0.278. The highest BCUT2D eigenvalue weighted by molar-refractivity contribution is 5.90. The largest absolute Gasteiger partial charge is 0.496 e. The van der Waals surface area contributed by atoms with Crippen molar-refractivity contribution < 1.29 is 24.1 Å². The summed E-state index contributed by atoms with van der Waals surface area (Å²) in [5, 5.41) is 9.10. The minimum absolute atomic E-state index is 0.169. The molecule has 0 heterocycles. The van der Waals surface area contributed by atoms with E-state index < -0.39 is 5.97 Å². The lowest BCUT2D eigenvalue weighted by molar-refractivity contribution is 0.0693. The molecule has 0 fully saturated rings. The Kier molecular flexibility index (Phi) is 5.46. The van der Waals surface area contributed by atoms with Gasteiger partial charge >= 0.3 is 5.97 Å². The Labute approximate surface area is 135 Å². The zero-order valence-electron chi connectivity index (χ0n) is 13.5. The van der Waals surface area contributed by atoms with Crippen LogP contribution in [0.3, 0.4) is 0 Å². The Morgan fingerprint density at radius 3 is 1.87 bits per heavy atom. The van der Waals surface area contributed by atoms with Crippen LogP contribution in [0.2, 0.25) is 0 Å². The number of benzene rings is 2. The molecule has 0 amide bonds. The molecule has 0 saturated heterocycles. The number of methoxy groups -OCH3 is 3. The predicted molar refractivity (Wildman–Crippen MR) is 86.9 cm³/mol. The summed E-state index contributed by atoms with van der Waals surface area (Å²) in [6.45, 7) is 0. The quantitative estimate of drug-likeness (QED) is 0.850. The topological polar surface area (TPSA) is 65.0 Å². The van der Waals surface area contributed by atoms with Crippen molar-refractivity contribution in [3.8, 4) is 17.2 Å². The van der Waals surface area contributed by atoms with Crippen LogP contribution >= 0.6 is 0 Å². The summed E-state index contributed by atoms with van der Waals surface area (Å²) in [5.41, 5.74) is 2.30. The van der Waals surface area contributed by atoms with Crippen LogP contribution in [0.1, 0.15) is 21.5 Å². The highest BCUT2D eigenvalue weighted by Crippen LogP contribution is 2.28. The van der Waals surface area contributed by atoms with Crippen molar-refractivity contribution in [2.75, 3.05) is 21.3 Å². The number of aryl methyl sites for hydroxylation is 2. The zero-order chi connectivity index (χ0) is 16.8. The van der Waals surface area contributed by atoms with Gasteiger partial charge in [-0.1, -0.05) is 12.1 Å². The fourth-order valence-corrected chi connectivity index (χ4v) is 2.39. The molecule has 0 aliphatic carbocycles. The first-order valence-electron chi connectivity index (χ1n) is 7.20. The molecule has 5 heteroatoms. The van der Waals surface area contributed by atoms with Gasteiger partial charge in [0.25, 0.3) is 0 Å². The highest BCUT2D eigenvalue weighted by atomic mass is 16.5. The Hall–Kier alpha value is -2.69. The van der Waals surface area contributed by atoms with Gasteiger partial charge in [-0.15, -0.1) is 0 Å². The number of rotatable bonds is 7. The van der Waals surface area contributed by atoms with E-state index in [0.29, 0.717) is 17.2 Å². The van der Waals surface area contributed by atoms with E-state index in [1.54, 1.807) is 26.4 Å². The normalized spacial score (nSPS) is 10.2. The maximum absolute atomic E-state index is 11.1. The van der Waals surface area contributed by atoms with Crippen molar-refractivity contribution in [1.29, 1.82) is 0 Å². The molecule has 2 rings (SSSR count). The first kappa shape index (κ1) is 16.7. The molecule has 2 aromatic carbocycles. The summed E-state index contributed by atoms with van der Waals surface area (Å²) >= 11 is 0. The van der Waals surface area contributed by atoms with E-state index in [1.807, 2.05) is 24.3 Å². The zero-order valence-corrected chi connectivity index (χ0v) is 13.5. The highest BCUT2D eigenvalue weighted by Gasteiger charge is 2.11. The Morgan fingerprint density at radius 2 is 1.35 bits per heavy atom. The number of hydrogen-bond donors (Lipinski definition) is 1. The van der Waals surface area contributed by atoms with Gasteiger partial charge in [0.1, 0.15) is 11.3 Å². The smallest absolute Gasteiger partial charge is 0.339 e. The van der Waals surface area contributed by atoms with Crippen LogP contribution in [0, 0.1) is 0 Å². The summed E-state index contributed by atoms with van der Waals surface area (Å²) < 4.78 is 15.7. The molecule has 0 aliphatic heterocycles. The molecule has 0 bridgehead atoms. The molecule has 0 atom stereocenters. The fourth-order valence-electron chi connectivity index (χ4n) is 2.39. The Balaban J connectivity index is 2.13. The van der Waals surface area contributed by atoms with E-state index in [1.165, 1.54) is 7.11 Å². The molecular formula is C18H20O5. The molecule has 0 unspecified atom stereocenters. The predicted octanol–water partition coefficient (Wildman–Crippen LogP) is 3.20. The van der Waals surface area contributed by atoms with E-state index in [9.17, 15) is 4.79 Å². The minimum Gasteiger partial charge on any atom is -0.496 e. The minimum atomic E-state index is -0.992. The van der Waals surface area contributed by atoms with Gasteiger partial charge in [0, 0.05) is 0 Å². The monoisotopic (exact) mass is 316 g/mol. The van der Waals surface area contributed by atoms with Gasteiger partial charge < -0.3 is 19.3 Å². The van der Waals surface area contributed by atoms with Crippen LogP contribution in [-0.2, 0) is 12.8 Å². The molecule has 0 aliphatic rings. The molecule has 0 saturated carbocycles. The van der Waals surface area contributed by atoms with Crippen molar-refractivity contribution >= 4 is 5.97 Å². The molecular weight excluding hydrogens is 296 g/mol. The van der Waals surface area contributed by atoms with Gasteiger partial charge in [0.05, 0.1) is 21.3 Å². The average Bonchev–Trinajstić information content (AvgIpc) is 2.59. The summed E-state index contributed by atoms with van der Waals surface area (Å²) in [6, 6.07) is 11.0. The van der Waals surface area contributed by atoms with E-state index in [0.717, 1.165) is 24.0 Å². The van der Waals surface area contributed by atoms with Crippen molar-refractivity contribution in [1.82, 2.24) is 0 Å². The van der Waals surface area contributed by atoms with Crippen LogP contribution in [0.5, 0.6) is 17.2 Å². The summed E-state index contributed by atoms with van der Waals surface area (Å²) in [7, 11) is 4.69. The SMILES string of the molecule is COc1ccc(CCc2ccc(C(=O)O)c(OC)c2)cc1OC. The standard InChI is InChI=1S/C18H20O5/c1-21-15-9-7-13(11-17(15)23-3)5-4-12-6-8-14(18(19)20)16(10-12)22-2/h6-11H,4-5H2,1-3H3,(H,19,20). The molecule has 0 spiro atoms. The first-order chi connectivity index (χ1) is 11.1. The van der Waals surface area contributed by atoms with Gasteiger partial charge in [-0.3, -0.25) is 0 Å². The van der Waals surface area contributed by atoms with Gasteiger partial charge in [-0.25, -0.2) is 4.79 Å². The van der Waals surface area contributed by atoms with Gasteiger partial charge in [-0.05, 0) is 48.2 Å². The van der Waals surface area contributed by atoms with Crippen molar-refractivity contribution in [3.63, 3.8) is 0 Å². The van der Waals surface area contributed by atoms with Gasteiger partial charge in [-0.2, -0.15) is 0 Å². The third-order valence-corrected chi connectivity index (χ3v) is 3.65. The lowest BCUT2D eigenvalue weighted by Crippen LogP contribution is -2.02. The van der Waals surface area contributed by atoms with Gasteiger partial charge in [0.15, 0.2) is 11.5 Å². The van der Waals surface area contributed by atoms with Crippen LogP contribution in [-0.4, -0.2) is 32.4 Å². The van der Waals surface area contributed by atoms with E-state index in [4.69, 9.17) is 19.3 Å². The van der Waals surface area contributed by atoms with Crippen LogP contribution in [0.15, 0.2) is 36.4 Å². The lowest BCUT2D eigenvalue weighted by Gasteiger charge is -2.10. The molecule has 0 aromatic heterocycles. The van der Waals surface area contributed by atoms with Crippen LogP contribution in [0.4, 0.5) is 0 Å². The number of ether oxygens (including phenoxy) is 3. The molecule has 2 aromatic rings. The van der Waals surface area contributed by atoms with Crippen molar-refractivity contribution in [3.05, 3.63) is 53.1 Å².